The van der Waals surface area contributed by atoms with Gasteiger partial charge in [0.2, 0.25) is 5.91 Å². The molecule has 1 N–H and O–H groups in total. The van der Waals surface area contributed by atoms with Crippen LogP contribution in [0.2, 0.25) is 10.0 Å². The summed E-state index contributed by atoms with van der Waals surface area (Å²) in [6, 6.07) is 18.6. The molecular formula is C26H21Cl2F3N2O2. The second kappa shape index (κ2) is 10.3. The molecule has 3 aromatic carbocycles. The zero-order chi connectivity index (χ0) is 25.2. The van der Waals surface area contributed by atoms with Crippen molar-refractivity contribution in [3.8, 4) is 0 Å². The van der Waals surface area contributed by atoms with Crippen molar-refractivity contribution in [2.45, 2.75) is 18.6 Å². The molecule has 0 spiro atoms. The predicted octanol–water partition coefficient (Wildman–Crippen LogP) is 6.18. The van der Waals surface area contributed by atoms with Crippen LogP contribution in [0.1, 0.15) is 33.0 Å². The van der Waals surface area contributed by atoms with Gasteiger partial charge < -0.3 is 10.2 Å². The average molecular weight is 521 g/mol. The third kappa shape index (κ3) is 5.80. The van der Waals surface area contributed by atoms with Gasteiger partial charge in [0.05, 0.1) is 22.1 Å². The Balaban J connectivity index is 1.62. The lowest BCUT2D eigenvalue weighted by molar-refractivity contribution is -0.137. The fourth-order valence-electron chi connectivity index (χ4n) is 4.27. The highest BCUT2D eigenvalue weighted by atomic mass is 35.5. The zero-order valence-corrected chi connectivity index (χ0v) is 19.9. The van der Waals surface area contributed by atoms with Gasteiger partial charge >= 0.3 is 6.18 Å². The Hall–Kier alpha value is -3.03. The minimum Gasteiger partial charge on any atom is -0.352 e. The van der Waals surface area contributed by atoms with E-state index in [0.717, 1.165) is 17.7 Å². The minimum absolute atomic E-state index is 0.0410. The number of likely N-dealkylation sites (tertiary alicyclic amines) is 1. The van der Waals surface area contributed by atoms with Gasteiger partial charge in [-0.3, -0.25) is 9.59 Å². The van der Waals surface area contributed by atoms with Crippen LogP contribution in [0.5, 0.6) is 0 Å². The van der Waals surface area contributed by atoms with Crippen LogP contribution in [-0.2, 0) is 17.5 Å². The number of benzene rings is 3. The highest BCUT2D eigenvalue weighted by molar-refractivity contribution is 6.36. The molecule has 1 heterocycles. The SMILES string of the molecule is O=C(NCc1ccccc1)[C@H]1CN(C(=O)c2ccc(Cl)cc2Cl)C[C@H]1c1cccc(C(F)(F)F)c1. The zero-order valence-electron chi connectivity index (χ0n) is 18.4. The van der Waals surface area contributed by atoms with E-state index < -0.39 is 29.5 Å². The summed E-state index contributed by atoms with van der Waals surface area (Å²) in [4.78, 5) is 27.9. The van der Waals surface area contributed by atoms with Gasteiger partial charge in [0, 0.05) is 30.6 Å². The molecule has 1 saturated heterocycles. The quantitative estimate of drug-likeness (QED) is 0.436. The van der Waals surface area contributed by atoms with Crippen LogP contribution in [0.4, 0.5) is 13.2 Å². The van der Waals surface area contributed by atoms with Crippen molar-refractivity contribution in [1.29, 1.82) is 0 Å². The molecular weight excluding hydrogens is 500 g/mol. The summed E-state index contributed by atoms with van der Waals surface area (Å²) in [5, 5.41) is 3.39. The number of carbonyl (C=O) groups is 2. The van der Waals surface area contributed by atoms with Crippen LogP contribution < -0.4 is 5.32 Å². The Bertz CT molecular complexity index is 1230. The van der Waals surface area contributed by atoms with Crippen molar-refractivity contribution in [3.63, 3.8) is 0 Å². The highest BCUT2D eigenvalue weighted by Crippen LogP contribution is 2.37. The molecule has 4 nitrogen and oxygen atoms in total. The Morgan fingerprint density at radius 1 is 0.943 bits per heavy atom. The van der Waals surface area contributed by atoms with E-state index in [-0.39, 0.29) is 36.1 Å². The topological polar surface area (TPSA) is 49.4 Å². The molecule has 1 aliphatic rings. The largest absolute Gasteiger partial charge is 0.416 e. The number of halogens is 5. The fourth-order valence-corrected chi connectivity index (χ4v) is 4.76. The highest BCUT2D eigenvalue weighted by Gasteiger charge is 2.41. The number of hydrogen-bond donors (Lipinski definition) is 1. The van der Waals surface area contributed by atoms with E-state index >= 15 is 0 Å². The van der Waals surface area contributed by atoms with Crippen molar-refractivity contribution >= 4 is 35.0 Å². The average Bonchev–Trinajstić information content (AvgIpc) is 3.28. The van der Waals surface area contributed by atoms with E-state index in [2.05, 4.69) is 5.32 Å². The number of carbonyl (C=O) groups excluding carboxylic acids is 2. The summed E-state index contributed by atoms with van der Waals surface area (Å²) in [5.41, 5.74) is 0.640. The molecule has 1 fully saturated rings. The second-order valence-corrected chi connectivity index (χ2v) is 9.22. The Morgan fingerprint density at radius 2 is 1.69 bits per heavy atom. The minimum atomic E-state index is -4.52. The van der Waals surface area contributed by atoms with E-state index in [1.54, 1.807) is 6.07 Å². The molecule has 0 aromatic heterocycles. The molecule has 2 atom stereocenters. The molecule has 0 bridgehead atoms. The number of rotatable bonds is 5. The van der Waals surface area contributed by atoms with E-state index in [0.29, 0.717) is 10.6 Å². The van der Waals surface area contributed by atoms with Crippen molar-refractivity contribution in [1.82, 2.24) is 10.2 Å². The Kier molecular flexibility index (Phi) is 7.38. The van der Waals surface area contributed by atoms with Crippen LogP contribution in [0, 0.1) is 5.92 Å². The van der Waals surface area contributed by atoms with E-state index in [9.17, 15) is 22.8 Å². The number of alkyl halides is 3. The van der Waals surface area contributed by atoms with Gasteiger partial charge in [-0.2, -0.15) is 13.2 Å². The van der Waals surface area contributed by atoms with Gasteiger partial charge in [0.25, 0.3) is 5.91 Å². The normalized spacial score (nSPS) is 17.9. The van der Waals surface area contributed by atoms with Crippen LogP contribution in [-0.4, -0.2) is 29.8 Å². The first-order chi connectivity index (χ1) is 16.6. The Morgan fingerprint density at radius 3 is 2.37 bits per heavy atom. The molecule has 0 saturated carbocycles. The maximum atomic E-state index is 13.4. The van der Waals surface area contributed by atoms with E-state index in [1.807, 2.05) is 30.3 Å². The summed E-state index contributed by atoms with van der Waals surface area (Å²) >= 11 is 12.1. The number of hydrogen-bond acceptors (Lipinski definition) is 2. The summed E-state index contributed by atoms with van der Waals surface area (Å²) in [7, 11) is 0. The van der Waals surface area contributed by atoms with Crippen molar-refractivity contribution in [2.75, 3.05) is 13.1 Å². The molecule has 0 unspecified atom stereocenters. The molecule has 1 aliphatic heterocycles. The lowest BCUT2D eigenvalue weighted by Gasteiger charge is -2.19. The molecule has 182 valence electrons. The molecule has 9 heteroatoms. The summed E-state index contributed by atoms with van der Waals surface area (Å²) < 4.78 is 40.1. The second-order valence-electron chi connectivity index (χ2n) is 8.37. The summed E-state index contributed by atoms with van der Waals surface area (Å²) in [5.74, 6) is -2.11. The lowest BCUT2D eigenvalue weighted by Crippen LogP contribution is -2.35. The van der Waals surface area contributed by atoms with Crippen molar-refractivity contribution < 1.29 is 22.8 Å². The summed E-state index contributed by atoms with van der Waals surface area (Å²) in [6.07, 6.45) is -4.52. The van der Waals surface area contributed by atoms with Crippen LogP contribution >= 0.6 is 23.2 Å². The van der Waals surface area contributed by atoms with Crippen LogP contribution in [0.3, 0.4) is 0 Å². The van der Waals surface area contributed by atoms with Gasteiger partial charge in [-0.25, -0.2) is 0 Å². The van der Waals surface area contributed by atoms with Crippen molar-refractivity contribution in [3.05, 3.63) is 105 Å². The van der Waals surface area contributed by atoms with Gasteiger partial charge in [-0.05, 0) is 35.4 Å². The molecule has 0 aliphatic carbocycles. The van der Waals surface area contributed by atoms with Gasteiger partial charge in [-0.1, -0.05) is 71.7 Å². The first-order valence-electron chi connectivity index (χ1n) is 10.9. The monoisotopic (exact) mass is 520 g/mol. The molecule has 3 aromatic rings. The van der Waals surface area contributed by atoms with Crippen LogP contribution in [0.15, 0.2) is 72.8 Å². The van der Waals surface area contributed by atoms with Crippen molar-refractivity contribution in [2.24, 2.45) is 5.92 Å². The molecule has 2 amide bonds. The standard InChI is InChI=1S/C26H21Cl2F3N2O2/c27-19-9-10-20(23(28)12-19)25(35)33-14-21(17-7-4-8-18(11-17)26(29,30)31)22(15-33)24(34)32-13-16-5-2-1-3-6-16/h1-12,21-22H,13-15H2,(H,32,34)/t21-,22-/m0/s1. The number of amides is 2. The number of nitrogens with one attached hydrogen (secondary N) is 1. The van der Waals surface area contributed by atoms with E-state index in [1.165, 1.54) is 29.2 Å². The maximum absolute atomic E-state index is 13.4. The van der Waals surface area contributed by atoms with Crippen LogP contribution in [0.25, 0.3) is 0 Å². The molecule has 35 heavy (non-hydrogen) atoms. The van der Waals surface area contributed by atoms with E-state index in [4.69, 9.17) is 23.2 Å². The first kappa shape index (κ1) is 25.1. The third-order valence-corrected chi connectivity index (χ3v) is 6.60. The smallest absolute Gasteiger partial charge is 0.352 e. The van der Waals surface area contributed by atoms with Gasteiger partial charge in [0.1, 0.15) is 0 Å². The molecule has 0 radical (unpaired) electrons. The fraction of sp³-hybridized carbons (Fsp3) is 0.231. The summed E-state index contributed by atoms with van der Waals surface area (Å²) in [6.45, 7) is 0.379. The van der Waals surface area contributed by atoms with Gasteiger partial charge in [0.15, 0.2) is 0 Å². The predicted molar refractivity (Wildman–Crippen MR) is 128 cm³/mol. The lowest BCUT2D eigenvalue weighted by atomic mass is 9.87. The van der Waals surface area contributed by atoms with Gasteiger partial charge in [-0.15, -0.1) is 0 Å². The first-order valence-corrected chi connectivity index (χ1v) is 11.6. The molecule has 4 rings (SSSR count). The number of nitrogens with zero attached hydrogens (tertiary/aromatic N) is 1. The third-order valence-electron chi connectivity index (χ3n) is 6.06. The Labute approximate surface area is 210 Å². The maximum Gasteiger partial charge on any atom is 0.416 e.